The number of phenolic OH excluding ortho intramolecular Hbond substituents is 1. The van der Waals surface area contributed by atoms with E-state index in [2.05, 4.69) is 0 Å². The summed E-state index contributed by atoms with van der Waals surface area (Å²) in [6.45, 7) is 0.511. The van der Waals surface area contributed by atoms with Gasteiger partial charge in [0.2, 0.25) is 0 Å². The van der Waals surface area contributed by atoms with Crippen molar-refractivity contribution in [1.29, 1.82) is 0 Å². The van der Waals surface area contributed by atoms with Gasteiger partial charge in [-0.25, -0.2) is 0 Å². The van der Waals surface area contributed by atoms with Crippen molar-refractivity contribution in [1.82, 2.24) is 0 Å². The highest BCUT2D eigenvalue weighted by atomic mass is 16.5. The summed E-state index contributed by atoms with van der Waals surface area (Å²) in [5.41, 5.74) is 6.54. The van der Waals surface area contributed by atoms with Crippen LogP contribution in [0.4, 0.5) is 0 Å². The maximum atomic E-state index is 9.53. The molecule has 0 fully saturated rings. The molecule has 0 saturated carbocycles. The molecule has 0 atom stereocenters. The molecular formula is C13H13NO2. The Bertz CT molecular complexity index is 466. The number of hydrogen-bond donors (Lipinski definition) is 2. The molecule has 2 rings (SSSR count). The quantitative estimate of drug-likeness (QED) is 0.827. The van der Waals surface area contributed by atoms with Crippen molar-refractivity contribution in [2.45, 2.75) is 6.54 Å². The first-order valence-corrected chi connectivity index (χ1v) is 5.04. The fraction of sp³-hybridized carbons (Fsp3) is 0.0769. The van der Waals surface area contributed by atoms with E-state index in [1.807, 2.05) is 30.3 Å². The van der Waals surface area contributed by atoms with E-state index < -0.39 is 0 Å². The van der Waals surface area contributed by atoms with Crippen LogP contribution in [0.2, 0.25) is 0 Å². The van der Waals surface area contributed by atoms with Crippen LogP contribution in [0.25, 0.3) is 0 Å². The van der Waals surface area contributed by atoms with E-state index in [1.54, 1.807) is 18.2 Å². The van der Waals surface area contributed by atoms with Gasteiger partial charge in [-0.15, -0.1) is 0 Å². The minimum atomic E-state index is 0.130. The SMILES string of the molecule is NCc1ccc(Oc2ccccc2O)cc1. The lowest BCUT2D eigenvalue weighted by Gasteiger charge is -2.07. The van der Waals surface area contributed by atoms with Gasteiger partial charge in [0, 0.05) is 6.54 Å². The lowest BCUT2D eigenvalue weighted by Crippen LogP contribution is -1.95. The summed E-state index contributed by atoms with van der Waals surface area (Å²) in [4.78, 5) is 0. The van der Waals surface area contributed by atoms with Crippen LogP contribution in [0.1, 0.15) is 5.56 Å². The molecular weight excluding hydrogens is 202 g/mol. The third kappa shape index (κ3) is 2.32. The van der Waals surface area contributed by atoms with Gasteiger partial charge in [0.1, 0.15) is 5.75 Å². The fourth-order valence-electron chi connectivity index (χ4n) is 1.36. The second kappa shape index (κ2) is 4.68. The molecule has 0 heterocycles. The summed E-state index contributed by atoms with van der Waals surface area (Å²) in [7, 11) is 0. The van der Waals surface area contributed by atoms with Gasteiger partial charge in [0.25, 0.3) is 0 Å². The predicted molar refractivity (Wildman–Crippen MR) is 62.5 cm³/mol. The van der Waals surface area contributed by atoms with Gasteiger partial charge in [0.05, 0.1) is 0 Å². The zero-order valence-corrected chi connectivity index (χ0v) is 8.76. The number of ether oxygens (including phenoxy) is 1. The molecule has 2 aromatic rings. The van der Waals surface area contributed by atoms with E-state index >= 15 is 0 Å². The van der Waals surface area contributed by atoms with Gasteiger partial charge >= 0.3 is 0 Å². The molecule has 3 heteroatoms. The lowest BCUT2D eigenvalue weighted by molar-refractivity contribution is 0.411. The first-order valence-electron chi connectivity index (χ1n) is 5.04. The molecule has 0 aliphatic heterocycles. The normalized spacial score (nSPS) is 10.1. The summed E-state index contributed by atoms with van der Waals surface area (Å²) in [5, 5.41) is 9.53. The maximum absolute atomic E-state index is 9.53. The van der Waals surface area contributed by atoms with E-state index in [4.69, 9.17) is 10.5 Å². The van der Waals surface area contributed by atoms with Crippen LogP contribution in [0.3, 0.4) is 0 Å². The minimum Gasteiger partial charge on any atom is -0.504 e. The standard InChI is InChI=1S/C13H13NO2/c14-9-10-5-7-11(8-6-10)16-13-4-2-1-3-12(13)15/h1-8,15H,9,14H2. The first-order chi connectivity index (χ1) is 7.79. The largest absolute Gasteiger partial charge is 0.504 e. The minimum absolute atomic E-state index is 0.130. The van der Waals surface area contributed by atoms with Gasteiger partial charge < -0.3 is 15.6 Å². The fourth-order valence-corrected chi connectivity index (χ4v) is 1.36. The summed E-state index contributed by atoms with van der Waals surface area (Å²) in [6, 6.07) is 14.3. The Balaban J connectivity index is 2.18. The van der Waals surface area contributed by atoms with Crippen molar-refractivity contribution in [2.75, 3.05) is 0 Å². The molecule has 82 valence electrons. The van der Waals surface area contributed by atoms with Crippen molar-refractivity contribution in [3.8, 4) is 17.2 Å². The predicted octanol–water partition coefficient (Wildman–Crippen LogP) is 2.64. The van der Waals surface area contributed by atoms with E-state index in [0.29, 0.717) is 18.0 Å². The number of hydrogen-bond acceptors (Lipinski definition) is 3. The Labute approximate surface area is 94.1 Å². The number of para-hydroxylation sites is 2. The summed E-state index contributed by atoms with van der Waals surface area (Å²) < 4.78 is 5.52. The van der Waals surface area contributed by atoms with Crippen molar-refractivity contribution >= 4 is 0 Å². The van der Waals surface area contributed by atoms with Crippen molar-refractivity contribution in [2.24, 2.45) is 5.73 Å². The first kappa shape index (κ1) is 10.5. The molecule has 0 aliphatic carbocycles. The Kier molecular flexibility index (Phi) is 3.08. The van der Waals surface area contributed by atoms with Gasteiger partial charge in [-0.05, 0) is 29.8 Å². The molecule has 0 aromatic heterocycles. The van der Waals surface area contributed by atoms with Crippen LogP contribution in [0, 0.1) is 0 Å². The highest BCUT2D eigenvalue weighted by molar-refractivity contribution is 5.41. The van der Waals surface area contributed by atoms with E-state index in [1.165, 1.54) is 0 Å². The Morgan fingerprint density at radius 3 is 2.31 bits per heavy atom. The van der Waals surface area contributed by atoms with Crippen LogP contribution in [0.5, 0.6) is 17.2 Å². The monoisotopic (exact) mass is 215 g/mol. The number of nitrogens with two attached hydrogens (primary N) is 1. The maximum Gasteiger partial charge on any atom is 0.169 e. The van der Waals surface area contributed by atoms with Gasteiger partial charge in [-0.2, -0.15) is 0 Å². The van der Waals surface area contributed by atoms with E-state index in [9.17, 15) is 5.11 Å². The molecule has 0 amide bonds. The molecule has 16 heavy (non-hydrogen) atoms. The molecule has 0 bridgehead atoms. The number of aromatic hydroxyl groups is 1. The van der Waals surface area contributed by atoms with E-state index in [-0.39, 0.29) is 5.75 Å². The van der Waals surface area contributed by atoms with Gasteiger partial charge in [0.15, 0.2) is 11.5 Å². The molecule has 0 saturated heterocycles. The number of phenols is 1. The Hall–Kier alpha value is -2.00. The third-order valence-electron chi connectivity index (χ3n) is 2.25. The molecule has 2 aromatic carbocycles. The second-order valence-electron chi connectivity index (χ2n) is 3.42. The van der Waals surface area contributed by atoms with Crippen LogP contribution in [-0.2, 0) is 6.54 Å². The van der Waals surface area contributed by atoms with Gasteiger partial charge in [-0.3, -0.25) is 0 Å². The Morgan fingerprint density at radius 2 is 1.69 bits per heavy atom. The average Bonchev–Trinajstić information content (AvgIpc) is 2.33. The summed E-state index contributed by atoms with van der Waals surface area (Å²) >= 11 is 0. The smallest absolute Gasteiger partial charge is 0.169 e. The number of rotatable bonds is 3. The van der Waals surface area contributed by atoms with Crippen molar-refractivity contribution in [3.63, 3.8) is 0 Å². The van der Waals surface area contributed by atoms with Gasteiger partial charge in [-0.1, -0.05) is 24.3 Å². The van der Waals surface area contributed by atoms with Crippen LogP contribution in [-0.4, -0.2) is 5.11 Å². The zero-order valence-electron chi connectivity index (χ0n) is 8.76. The summed E-state index contributed by atoms with van der Waals surface area (Å²) in [6.07, 6.45) is 0. The van der Waals surface area contributed by atoms with Crippen molar-refractivity contribution < 1.29 is 9.84 Å². The lowest BCUT2D eigenvalue weighted by atomic mass is 10.2. The third-order valence-corrected chi connectivity index (χ3v) is 2.25. The van der Waals surface area contributed by atoms with Crippen LogP contribution < -0.4 is 10.5 Å². The van der Waals surface area contributed by atoms with Crippen LogP contribution >= 0.6 is 0 Å². The zero-order chi connectivity index (χ0) is 11.4. The molecule has 3 N–H and O–H groups in total. The molecule has 0 spiro atoms. The highest BCUT2D eigenvalue weighted by Crippen LogP contribution is 2.29. The topological polar surface area (TPSA) is 55.5 Å². The average molecular weight is 215 g/mol. The molecule has 0 radical (unpaired) electrons. The van der Waals surface area contributed by atoms with Crippen molar-refractivity contribution in [3.05, 3.63) is 54.1 Å². The van der Waals surface area contributed by atoms with E-state index in [0.717, 1.165) is 5.56 Å². The molecule has 0 unspecified atom stereocenters. The highest BCUT2D eigenvalue weighted by Gasteiger charge is 2.01. The molecule has 0 aliphatic rings. The second-order valence-corrected chi connectivity index (χ2v) is 3.42. The van der Waals surface area contributed by atoms with Crippen LogP contribution in [0.15, 0.2) is 48.5 Å². The summed E-state index contributed by atoms with van der Waals surface area (Å²) in [5.74, 6) is 1.26. The Morgan fingerprint density at radius 1 is 1.00 bits per heavy atom. The molecule has 3 nitrogen and oxygen atoms in total. The number of benzene rings is 2.